The first-order valence-corrected chi connectivity index (χ1v) is 15.2. The Bertz CT molecular complexity index is 2640. The van der Waals surface area contributed by atoms with Crippen molar-refractivity contribution in [1.82, 2.24) is 4.98 Å². The number of pyridine rings is 1. The molecule has 0 saturated heterocycles. The summed E-state index contributed by atoms with van der Waals surface area (Å²) < 4.78 is 12.9. The van der Waals surface area contributed by atoms with E-state index in [1.807, 2.05) is 36.7 Å². The number of anilines is 4. The van der Waals surface area contributed by atoms with Crippen LogP contribution in [-0.2, 0) is 0 Å². The zero-order valence-electron chi connectivity index (χ0n) is 24.1. The molecule has 1 aliphatic heterocycles. The van der Waals surface area contributed by atoms with Crippen LogP contribution in [0.2, 0.25) is 0 Å². The predicted molar refractivity (Wildman–Crippen MR) is 186 cm³/mol. The first-order valence-electron chi connectivity index (χ1n) is 15.2. The van der Waals surface area contributed by atoms with E-state index >= 15 is 0 Å². The molecule has 4 heterocycles. The number of nitrogens with one attached hydrogen (secondary N) is 1. The number of rotatable bonds is 3. The molecule has 0 saturated carbocycles. The summed E-state index contributed by atoms with van der Waals surface area (Å²) >= 11 is 0. The smallest absolute Gasteiger partial charge is 0.162 e. The van der Waals surface area contributed by atoms with Gasteiger partial charge in [-0.15, -0.1) is 0 Å². The van der Waals surface area contributed by atoms with Crippen LogP contribution in [0.5, 0.6) is 0 Å². The molecule has 0 radical (unpaired) electrons. The Balaban J connectivity index is 1.33. The minimum atomic E-state index is 0.742. The molecule has 0 amide bonds. The van der Waals surface area contributed by atoms with Crippen molar-refractivity contribution in [1.29, 1.82) is 0 Å². The summed E-state index contributed by atoms with van der Waals surface area (Å²) in [6.07, 6.45) is 7.94. The summed E-state index contributed by atoms with van der Waals surface area (Å²) in [6, 6.07) is 38.5. The maximum Gasteiger partial charge on any atom is 0.162 e. The topological polar surface area (TPSA) is 54.4 Å². The quantitative estimate of drug-likeness (QED) is 0.211. The van der Waals surface area contributed by atoms with Gasteiger partial charge in [0, 0.05) is 29.2 Å². The van der Waals surface area contributed by atoms with E-state index in [0.717, 1.165) is 68.0 Å². The first kappa shape index (κ1) is 24.4. The van der Waals surface area contributed by atoms with E-state index in [0.29, 0.717) is 0 Å². The molecule has 10 rings (SSSR count). The molecule has 9 aromatic rings. The number of nitrogens with zero attached hydrogens (tertiary/aromatic N) is 2. The fourth-order valence-corrected chi connectivity index (χ4v) is 7.18. The molecular formula is C40H25N3O2. The van der Waals surface area contributed by atoms with Crippen LogP contribution in [0, 0.1) is 0 Å². The van der Waals surface area contributed by atoms with Crippen LogP contribution in [0.4, 0.5) is 22.7 Å². The Labute approximate surface area is 257 Å². The molecule has 0 bridgehead atoms. The maximum absolute atomic E-state index is 6.60. The Hall–Kier alpha value is -6.07. The molecule has 1 aliphatic rings. The second-order valence-electron chi connectivity index (χ2n) is 11.6. The second-order valence-corrected chi connectivity index (χ2v) is 11.6. The lowest BCUT2D eigenvalue weighted by Gasteiger charge is -2.27. The van der Waals surface area contributed by atoms with Gasteiger partial charge in [-0.3, -0.25) is 4.98 Å². The monoisotopic (exact) mass is 579 g/mol. The second kappa shape index (κ2) is 9.21. The summed E-state index contributed by atoms with van der Waals surface area (Å²) in [5, 5.41) is 14.0. The molecule has 3 aromatic heterocycles. The van der Waals surface area contributed by atoms with Gasteiger partial charge in [0.15, 0.2) is 11.3 Å². The van der Waals surface area contributed by atoms with Gasteiger partial charge < -0.3 is 19.1 Å². The van der Waals surface area contributed by atoms with Gasteiger partial charge in [0.25, 0.3) is 0 Å². The van der Waals surface area contributed by atoms with Crippen LogP contribution in [-0.4, -0.2) is 11.5 Å². The largest absolute Gasteiger partial charge is 0.454 e. The van der Waals surface area contributed by atoms with Gasteiger partial charge in [-0.25, -0.2) is 0 Å². The van der Waals surface area contributed by atoms with E-state index in [2.05, 4.69) is 107 Å². The van der Waals surface area contributed by atoms with Crippen LogP contribution in [0.25, 0.3) is 71.3 Å². The molecule has 1 N–H and O–H groups in total. The van der Waals surface area contributed by atoms with Crippen LogP contribution in [0.3, 0.4) is 0 Å². The highest BCUT2D eigenvalue weighted by molar-refractivity contribution is 6.26. The van der Waals surface area contributed by atoms with Gasteiger partial charge in [-0.2, -0.15) is 0 Å². The fourth-order valence-electron chi connectivity index (χ4n) is 7.18. The highest BCUT2D eigenvalue weighted by Crippen LogP contribution is 2.48. The lowest BCUT2D eigenvalue weighted by Crippen LogP contribution is -2.12. The summed E-state index contributed by atoms with van der Waals surface area (Å²) in [6.45, 7) is 0.742. The average Bonchev–Trinajstić information content (AvgIpc) is 3.68. The third-order valence-electron chi connectivity index (χ3n) is 9.12. The number of aromatic nitrogens is 1. The van der Waals surface area contributed by atoms with E-state index in [1.54, 1.807) is 0 Å². The molecule has 45 heavy (non-hydrogen) atoms. The van der Waals surface area contributed by atoms with Crippen molar-refractivity contribution in [3.8, 4) is 0 Å². The number of benzene rings is 6. The van der Waals surface area contributed by atoms with Crippen molar-refractivity contribution < 1.29 is 8.83 Å². The van der Waals surface area contributed by atoms with Crippen molar-refractivity contribution >= 4 is 94.1 Å². The number of hydrogen-bond donors (Lipinski definition) is 1. The molecule has 0 atom stereocenters. The molecule has 0 unspecified atom stereocenters. The molecule has 6 aromatic carbocycles. The van der Waals surface area contributed by atoms with Crippen molar-refractivity contribution in [3.05, 3.63) is 133 Å². The predicted octanol–water partition coefficient (Wildman–Crippen LogP) is 11.1. The van der Waals surface area contributed by atoms with E-state index in [1.165, 1.54) is 32.3 Å². The minimum absolute atomic E-state index is 0.742. The van der Waals surface area contributed by atoms with Gasteiger partial charge >= 0.3 is 0 Å². The number of furan rings is 2. The van der Waals surface area contributed by atoms with Crippen molar-refractivity contribution in [3.63, 3.8) is 0 Å². The van der Waals surface area contributed by atoms with Crippen molar-refractivity contribution in [2.24, 2.45) is 0 Å². The molecule has 5 nitrogen and oxygen atoms in total. The summed E-state index contributed by atoms with van der Waals surface area (Å²) in [5.74, 6) is 0.833. The summed E-state index contributed by atoms with van der Waals surface area (Å²) in [5.41, 5.74) is 6.30. The molecule has 0 spiro atoms. The highest BCUT2D eigenvalue weighted by atomic mass is 16.3. The SMILES string of the molecule is C1=Cc2oc3cccc(N(c4ccc5c6ccccc6c6ccccc6c5c4)c4cncc5c4oc4ccccc45)c3c2NC1. The van der Waals surface area contributed by atoms with Crippen LogP contribution in [0.1, 0.15) is 5.76 Å². The fraction of sp³-hybridized carbons (Fsp3) is 0.0250. The normalized spacial score (nSPS) is 12.9. The zero-order chi connectivity index (χ0) is 29.5. The molecule has 0 aliphatic carbocycles. The van der Waals surface area contributed by atoms with Crippen LogP contribution < -0.4 is 10.2 Å². The van der Waals surface area contributed by atoms with E-state index in [9.17, 15) is 0 Å². The van der Waals surface area contributed by atoms with Gasteiger partial charge in [0.05, 0.1) is 23.0 Å². The summed E-state index contributed by atoms with van der Waals surface area (Å²) in [7, 11) is 0. The third kappa shape index (κ3) is 3.46. The summed E-state index contributed by atoms with van der Waals surface area (Å²) in [4.78, 5) is 7.04. The zero-order valence-corrected chi connectivity index (χ0v) is 24.1. The third-order valence-corrected chi connectivity index (χ3v) is 9.12. The number of hydrogen-bond acceptors (Lipinski definition) is 5. The van der Waals surface area contributed by atoms with E-state index < -0.39 is 0 Å². The average molecular weight is 580 g/mol. The standard InChI is InChI=1S/C40H25N3O2/c1-2-11-27-25(9-1)26-10-3-4-12-28(26)31-21-24(18-19-29(27)31)43(33-14-7-16-36-38(33)39-37(44-36)17-8-20-42-39)34-23-41-22-32-30-13-5-6-15-35(30)45-40(32)34/h1-19,21-23,42H,20H2. The Morgan fingerprint density at radius 3 is 2.07 bits per heavy atom. The van der Waals surface area contributed by atoms with Gasteiger partial charge in [0.2, 0.25) is 0 Å². The van der Waals surface area contributed by atoms with E-state index in [4.69, 9.17) is 13.8 Å². The number of para-hydroxylation sites is 1. The Morgan fingerprint density at radius 1 is 0.578 bits per heavy atom. The number of fused-ring (bicyclic) bond motifs is 12. The Kier molecular flexibility index (Phi) is 4.99. The van der Waals surface area contributed by atoms with Gasteiger partial charge in [-0.1, -0.05) is 84.9 Å². The van der Waals surface area contributed by atoms with Crippen LogP contribution in [0.15, 0.2) is 136 Å². The molecule has 5 heteroatoms. The van der Waals surface area contributed by atoms with E-state index in [-0.39, 0.29) is 0 Å². The van der Waals surface area contributed by atoms with Crippen molar-refractivity contribution in [2.45, 2.75) is 0 Å². The minimum Gasteiger partial charge on any atom is -0.454 e. The lowest BCUT2D eigenvalue weighted by atomic mass is 9.94. The maximum atomic E-state index is 6.60. The van der Waals surface area contributed by atoms with Crippen molar-refractivity contribution in [2.75, 3.05) is 16.8 Å². The van der Waals surface area contributed by atoms with Gasteiger partial charge in [0.1, 0.15) is 16.9 Å². The lowest BCUT2D eigenvalue weighted by molar-refractivity contribution is 0.604. The van der Waals surface area contributed by atoms with Crippen LogP contribution >= 0.6 is 0 Å². The Morgan fingerprint density at radius 2 is 1.27 bits per heavy atom. The highest BCUT2D eigenvalue weighted by Gasteiger charge is 2.26. The van der Waals surface area contributed by atoms with Gasteiger partial charge in [-0.05, 0) is 68.7 Å². The first-order chi connectivity index (χ1) is 22.3. The molecule has 0 fully saturated rings. The molecular weight excluding hydrogens is 554 g/mol. The molecule has 212 valence electrons.